The van der Waals surface area contributed by atoms with Gasteiger partial charge >= 0.3 is 0 Å². The van der Waals surface area contributed by atoms with E-state index in [1.54, 1.807) is 6.92 Å². The van der Waals surface area contributed by atoms with Gasteiger partial charge in [-0.3, -0.25) is 0 Å². The van der Waals surface area contributed by atoms with Crippen molar-refractivity contribution in [3.63, 3.8) is 0 Å². The van der Waals surface area contributed by atoms with Gasteiger partial charge in [0.1, 0.15) is 18.3 Å². The molecule has 0 bridgehead atoms. The van der Waals surface area contributed by atoms with Crippen molar-refractivity contribution >= 4 is 0 Å². The normalized spacial score (nSPS) is 42.2. The minimum Gasteiger partial charge on any atom is -0.387 e. The number of hydrogen-bond donors (Lipinski definition) is 2. The monoisotopic (exact) mass is 192 g/mol. The van der Waals surface area contributed by atoms with Gasteiger partial charge in [0.25, 0.3) is 0 Å². The summed E-state index contributed by atoms with van der Waals surface area (Å²) in [5.41, 5.74) is 0. The number of aliphatic hydroxyl groups excluding tert-OH is 2. The van der Waals surface area contributed by atoms with Crippen LogP contribution in [0.5, 0.6) is 0 Å². The van der Waals surface area contributed by atoms with Crippen molar-refractivity contribution in [1.29, 1.82) is 0 Å². The molecule has 1 saturated heterocycles. The molecule has 0 radical (unpaired) electrons. The molecule has 0 unspecified atom stereocenters. The largest absolute Gasteiger partial charge is 0.387 e. The Balaban J connectivity index is 2.61. The van der Waals surface area contributed by atoms with E-state index in [0.29, 0.717) is 0 Å². The smallest absolute Gasteiger partial charge is 0.184 e. The molecule has 1 heterocycles. The van der Waals surface area contributed by atoms with Gasteiger partial charge in [-0.2, -0.15) is 0 Å². The fourth-order valence-corrected chi connectivity index (χ4v) is 1.45. The molecule has 0 amide bonds. The molecule has 0 aromatic carbocycles. The lowest BCUT2D eigenvalue weighted by molar-refractivity contribution is -0.151. The molecule has 0 spiro atoms. The minimum absolute atomic E-state index is 0.273. The van der Waals surface area contributed by atoms with E-state index < -0.39 is 24.6 Å². The van der Waals surface area contributed by atoms with Crippen molar-refractivity contribution < 1.29 is 24.4 Å². The van der Waals surface area contributed by atoms with Gasteiger partial charge in [0, 0.05) is 14.2 Å². The second-order valence-corrected chi connectivity index (χ2v) is 3.12. The highest BCUT2D eigenvalue weighted by molar-refractivity contribution is 4.90. The summed E-state index contributed by atoms with van der Waals surface area (Å²) in [6.07, 6.45) is -3.44. The third-order valence-corrected chi connectivity index (χ3v) is 2.36. The third-order valence-electron chi connectivity index (χ3n) is 2.36. The molecule has 2 N–H and O–H groups in total. The maximum atomic E-state index is 9.63. The molecule has 5 nitrogen and oxygen atoms in total. The molecule has 78 valence electrons. The SMILES string of the molecule is CO[C@@H]1[C@H](O)[C@H]([C@H](C)OC)O[C@@H]1O. The quantitative estimate of drug-likeness (QED) is 0.607. The van der Waals surface area contributed by atoms with Gasteiger partial charge < -0.3 is 24.4 Å². The van der Waals surface area contributed by atoms with Crippen molar-refractivity contribution in [3.8, 4) is 0 Å². The third kappa shape index (κ3) is 2.00. The van der Waals surface area contributed by atoms with Crippen LogP contribution in [-0.4, -0.2) is 55.1 Å². The van der Waals surface area contributed by atoms with E-state index in [1.165, 1.54) is 14.2 Å². The Hall–Kier alpha value is -0.200. The number of hydrogen-bond acceptors (Lipinski definition) is 5. The first kappa shape index (κ1) is 10.9. The average Bonchev–Trinajstić information content (AvgIpc) is 2.40. The van der Waals surface area contributed by atoms with Crippen molar-refractivity contribution in [2.75, 3.05) is 14.2 Å². The Bertz CT molecular complexity index is 163. The van der Waals surface area contributed by atoms with Gasteiger partial charge in [-0.25, -0.2) is 0 Å². The summed E-state index contributed by atoms with van der Waals surface area (Å²) in [4.78, 5) is 0. The van der Waals surface area contributed by atoms with Gasteiger partial charge in [-0.1, -0.05) is 0 Å². The topological polar surface area (TPSA) is 68.2 Å². The van der Waals surface area contributed by atoms with Gasteiger partial charge in [0.15, 0.2) is 6.29 Å². The molecule has 1 aliphatic rings. The number of methoxy groups -OCH3 is 2. The summed E-state index contributed by atoms with van der Waals surface area (Å²) in [6, 6.07) is 0. The summed E-state index contributed by atoms with van der Waals surface area (Å²) in [5.74, 6) is 0. The first-order chi connectivity index (χ1) is 6.11. The lowest BCUT2D eigenvalue weighted by atomic mass is 10.1. The summed E-state index contributed by atoms with van der Waals surface area (Å²) in [5, 5.41) is 18.9. The predicted octanol–water partition coefficient (Wildman–Crippen LogP) is -0.886. The van der Waals surface area contributed by atoms with Crippen LogP contribution >= 0.6 is 0 Å². The van der Waals surface area contributed by atoms with Gasteiger partial charge in [0.2, 0.25) is 0 Å². The highest BCUT2D eigenvalue weighted by Gasteiger charge is 2.45. The Morgan fingerprint density at radius 3 is 2.31 bits per heavy atom. The van der Waals surface area contributed by atoms with Crippen LogP contribution in [0, 0.1) is 0 Å². The molecule has 5 atom stereocenters. The Morgan fingerprint density at radius 2 is 1.92 bits per heavy atom. The lowest BCUT2D eigenvalue weighted by Gasteiger charge is -2.20. The fraction of sp³-hybridized carbons (Fsp3) is 1.00. The number of rotatable bonds is 3. The van der Waals surface area contributed by atoms with Crippen LogP contribution in [0.4, 0.5) is 0 Å². The van der Waals surface area contributed by atoms with E-state index in [-0.39, 0.29) is 6.10 Å². The molecule has 1 rings (SSSR count). The maximum absolute atomic E-state index is 9.63. The van der Waals surface area contributed by atoms with Gasteiger partial charge in [-0.15, -0.1) is 0 Å². The fourth-order valence-electron chi connectivity index (χ4n) is 1.45. The molecule has 0 aromatic rings. The minimum atomic E-state index is -1.08. The van der Waals surface area contributed by atoms with Crippen LogP contribution in [0.2, 0.25) is 0 Å². The average molecular weight is 192 g/mol. The Labute approximate surface area is 77.2 Å². The number of ether oxygens (including phenoxy) is 3. The summed E-state index contributed by atoms with van der Waals surface area (Å²) in [7, 11) is 2.94. The van der Waals surface area contributed by atoms with Crippen molar-refractivity contribution in [3.05, 3.63) is 0 Å². The van der Waals surface area contributed by atoms with Crippen LogP contribution in [-0.2, 0) is 14.2 Å². The summed E-state index contributed by atoms with van der Waals surface area (Å²) < 4.78 is 15.0. The zero-order chi connectivity index (χ0) is 10.0. The maximum Gasteiger partial charge on any atom is 0.184 e. The van der Waals surface area contributed by atoms with Gasteiger partial charge in [-0.05, 0) is 6.92 Å². The van der Waals surface area contributed by atoms with Crippen LogP contribution in [0.1, 0.15) is 6.92 Å². The Morgan fingerprint density at radius 1 is 1.31 bits per heavy atom. The van der Waals surface area contributed by atoms with Crippen LogP contribution in [0.15, 0.2) is 0 Å². The van der Waals surface area contributed by atoms with E-state index in [2.05, 4.69) is 0 Å². The summed E-state index contributed by atoms with van der Waals surface area (Å²) in [6.45, 7) is 1.76. The highest BCUT2D eigenvalue weighted by atomic mass is 16.7. The molecule has 0 aromatic heterocycles. The standard InChI is InChI=1S/C8H16O5/c1-4(11-2)6-5(9)7(12-3)8(10)13-6/h4-10H,1-3H3/t4-,5+,6-,7+,8-/m0/s1. The Kier molecular flexibility index (Phi) is 3.63. The molecule has 0 saturated carbocycles. The number of aliphatic hydroxyl groups is 2. The van der Waals surface area contributed by atoms with Crippen LogP contribution < -0.4 is 0 Å². The van der Waals surface area contributed by atoms with E-state index in [9.17, 15) is 10.2 Å². The summed E-state index contributed by atoms with van der Waals surface area (Å²) >= 11 is 0. The lowest BCUT2D eigenvalue weighted by Crippen LogP contribution is -2.39. The zero-order valence-electron chi connectivity index (χ0n) is 8.01. The van der Waals surface area contributed by atoms with Gasteiger partial charge in [0.05, 0.1) is 6.10 Å². The van der Waals surface area contributed by atoms with Crippen LogP contribution in [0.25, 0.3) is 0 Å². The highest BCUT2D eigenvalue weighted by Crippen LogP contribution is 2.24. The first-order valence-electron chi connectivity index (χ1n) is 4.19. The van der Waals surface area contributed by atoms with Crippen molar-refractivity contribution in [1.82, 2.24) is 0 Å². The second kappa shape index (κ2) is 4.34. The van der Waals surface area contributed by atoms with Crippen LogP contribution in [0.3, 0.4) is 0 Å². The molecule has 13 heavy (non-hydrogen) atoms. The van der Waals surface area contributed by atoms with Crippen molar-refractivity contribution in [2.24, 2.45) is 0 Å². The van der Waals surface area contributed by atoms with E-state index in [4.69, 9.17) is 14.2 Å². The molecular formula is C8H16O5. The molecule has 5 heteroatoms. The second-order valence-electron chi connectivity index (χ2n) is 3.12. The molecule has 0 aliphatic carbocycles. The molecule has 1 fully saturated rings. The van der Waals surface area contributed by atoms with E-state index in [1.807, 2.05) is 0 Å². The molecular weight excluding hydrogens is 176 g/mol. The van der Waals surface area contributed by atoms with Crippen molar-refractivity contribution in [2.45, 2.75) is 37.6 Å². The predicted molar refractivity (Wildman–Crippen MR) is 44.2 cm³/mol. The first-order valence-corrected chi connectivity index (χ1v) is 4.19. The van der Waals surface area contributed by atoms with E-state index >= 15 is 0 Å². The molecule has 1 aliphatic heterocycles. The van der Waals surface area contributed by atoms with E-state index in [0.717, 1.165) is 0 Å². The zero-order valence-corrected chi connectivity index (χ0v) is 8.01.